The summed E-state index contributed by atoms with van der Waals surface area (Å²) in [5, 5.41) is 0. The van der Waals surface area contributed by atoms with E-state index in [1.807, 2.05) is 11.2 Å². The van der Waals surface area contributed by atoms with E-state index in [9.17, 15) is 39.5 Å². The van der Waals surface area contributed by atoms with Gasteiger partial charge in [-0.25, -0.2) is 4.99 Å². The van der Waals surface area contributed by atoms with Gasteiger partial charge in [-0.3, -0.25) is 0 Å². The monoisotopic (exact) mass is 682 g/mol. The van der Waals surface area contributed by atoms with Gasteiger partial charge in [0, 0.05) is 25.4 Å². The van der Waals surface area contributed by atoms with E-state index in [1.54, 1.807) is 23.6 Å². The van der Waals surface area contributed by atoms with Crippen LogP contribution in [0, 0.1) is 0 Å². The zero-order valence-electron chi connectivity index (χ0n) is 25.5. The predicted molar refractivity (Wildman–Crippen MR) is 162 cm³/mol. The molecule has 15 heteroatoms. The average Bonchev–Trinajstić information content (AvgIpc) is 3.00. The molecule has 2 aromatic rings. The number of anilines is 2. The predicted octanol–water partition coefficient (Wildman–Crippen LogP) is 9.21. The molecule has 1 fully saturated rings. The molecule has 0 aromatic heterocycles. The number of nitrogens with zero attached hydrogens (tertiary/aromatic N) is 4. The third-order valence-electron chi connectivity index (χ3n) is 7.86. The molecule has 2 aliphatic rings. The lowest BCUT2D eigenvalue weighted by molar-refractivity contribution is -0.143. The van der Waals surface area contributed by atoms with Crippen LogP contribution in [0.2, 0.25) is 0 Å². The molecule has 4 rings (SSSR count). The maximum absolute atomic E-state index is 14.1. The van der Waals surface area contributed by atoms with Crippen LogP contribution in [0.4, 0.5) is 50.9 Å². The molecule has 2 heterocycles. The van der Waals surface area contributed by atoms with E-state index in [4.69, 9.17) is 4.74 Å². The van der Waals surface area contributed by atoms with Crippen molar-refractivity contribution >= 4 is 29.1 Å². The molecular formula is C31H35F9N4OS. The van der Waals surface area contributed by atoms with Crippen LogP contribution < -0.4 is 9.80 Å². The highest BCUT2D eigenvalue weighted by atomic mass is 32.2. The Labute approximate surface area is 266 Å². The second-order valence-corrected chi connectivity index (χ2v) is 12.0. The Morgan fingerprint density at radius 1 is 0.870 bits per heavy atom. The summed E-state index contributed by atoms with van der Waals surface area (Å²) in [6.07, 6.45) is -9.26. The molecule has 2 aromatic carbocycles. The Hall–Kier alpha value is -3.23. The first-order chi connectivity index (χ1) is 21.5. The van der Waals surface area contributed by atoms with Gasteiger partial charge in [0.2, 0.25) is 5.96 Å². The standard InChI is InChI=1S/C31H35F9N4OS/c1-4-42-19-25(45-12-13-46-3)18-41-28(42)44(20(2)21-14-23(30(35,36)37)16-24(15-21)31(38,39)40)27-17-22(29(32,33)34)8-9-26(27)43-10-6-5-7-11-43/h8-9,14-18,20H,4-7,10-13,19H2,1-3H3. The molecule has 0 bridgehead atoms. The van der Waals surface area contributed by atoms with E-state index in [1.165, 1.54) is 24.1 Å². The molecule has 0 radical (unpaired) electrons. The number of hydrogen-bond donors (Lipinski definition) is 0. The Morgan fingerprint density at radius 2 is 1.48 bits per heavy atom. The van der Waals surface area contributed by atoms with Gasteiger partial charge in [-0.05, 0) is 81.3 Å². The first-order valence-electron chi connectivity index (χ1n) is 14.7. The highest BCUT2D eigenvalue weighted by Gasteiger charge is 2.40. The lowest BCUT2D eigenvalue weighted by Crippen LogP contribution is -2.48. The molecular weight excluding hydrogens is 647 g/mol. The average molecular weight is 683 g/mol. The van der Waals surface area contributed by atoms with Crippen molar-refractivity contribution in [3.05, 3.63) is 70.6 Å². The summed E-state index contributed by atoms with van der Waals surface area (Å²) in [6, 6.07) is 3.05. The Morgan fingerprint density at radius 3 is 2.02 bits per heavy atom. The second kappa shape index (κ2) is 14.3. The van der Waals surface area contributed by atoms with E-state index >= 15 is 0 Å². The number of rotatable bonds is 9. The summed E-state index contributed by atoms with van der Waals surface area (Å²) in [4.78, 5) is 9.39. The quantitative estimate of drug-likeness (QED) is 0.195. The van der Waals surface area contributed by atoms with Crippen molar-refractivity contribution in [1.29, 1.82) is 0 Å². The number of guanidine groups is 1. The molecule has 0 amide bonds. The maximum atomic E-state index is 14.1. The lowest BCUT2D eigenvalue weighted by atomic mass is 9.98. The Kier molecular flexibility index (Phi) is 11.0. The van der Waals surface area contributed by atoms with E-state index in [2.05, 4.69) is 4.99 Å². The topological polar surface area (TPSA) is 31.3 Å². The highest BCUT2D eigenvalue weighted by Crippen LogP contribution is 2.44. The minimum Gasteiger partial charge on any atom is -0.494 e. The van der Waals surface area contributed by atoms with Crippen LogP contribution in [-0.2, 0) is 23.3 Å². The van der Waals surface area contributed by atoms with Crippen molar-refractivity contribution in [2.24, 2.45) is 4.99 Å². The Bertz CT molecular complexity index is 1380. The van der Waals surface area contributed by atoms with Crippen LogP contribution in [0.3, 0.4) is 0 Å². The molecule has 1 saturated heterocycles. The van der Waals surface area contributed by atoms with Gasteiger partial charge in [-0.15, -0.1) is 0 Å². The summed E-state index contributed by atoms with van der Waals surface area (Å²) in [6.45, 7) is 4.92. The third kappa shape index (κ3) is 8.37. The van der Waals surface area contributed by atoms with Gasteiger partial charge in [0.05, 0.1) is 53.5 Å². The van der Waals surface area contributed by atoms with Gasteiger partial charge in [0.1, 0.15) is 5.76 Å². The molecule has 5 nitrogen and oxygen atoms in total. The number of halogens is 9. The van der Waals surface area contributed by atoms with Crippen molar-refractivity contribution in [3.63, 3.8) is 0 Å². The Balaban J connectivity index is 1.98. The minimum absolute atomic E-state index is 0.0292. The van der Waals surface area contributed by atoms with Gasteiger partial charge < -0.3 is 19.4 Å². The van der Waals surface area contributed by atoms with Gasteiger partial charge in [-0.2, -0.15) is 51.3 Å². The van der Waals surface area contributed by atoms with Crippen molar-refractivity contribution in [1.82, 2.24) is 4.90 Å². The van der Waals surface area contributed by atoms with Crippen LogP contribution in [0.1, 0.15) is 61.4 Å². The second-order valence-electron chi connectivity index (χ2n) is 11.0. The van der Waals surface area contributed by atoms with Crippen LogP contribution >= 0.6 is 11.8 Å². The molecule has 0 saturated carbocycles. The maximum Gasteiger partial charge on any atom is 0.416 e. The van der Waals surface area contributed by atoms with Gasteiger partial charge in [0.25, 0.3) is 0 Å². The molecule has 1 atom stereocenters. The van der Waals surface area contributed by atoms with Crippen molar-refractivity contribution in [3.8, 4) is 0 Å². The summed E-state index contributed by atoms with van der Waals surface area (Å²) >= 11 is 1.56. The van der Waals surface area contributed by atoms with Gasteiger partial charge >= 0.3 is 18.5 Å². The number of likely N-dealkylation sites (N-methyl/N-ethyl adjacent to an activating group) is 1. The summed E-state index contributed by atoms with van der Waals surface area (Å²) in [5.41, 5.74) is -4.12. The van der Waals surface area contributed by atoms with Crippen LogP contribution in [0.5, 0.6) is 0 Å². The largest absolute Gasteiger partial charge is 0.494 e. The normalized spacial score (nSPS) is 17.0. The summed E-state index contributed by atoms with van der Waals surface area (Å²) in [5.74, 6) is 1.21. The smallest absolute Gasteiger partial charge is 0.416 e. The van der Waals surface area contributed by atoms with Crippen molar-refractivity contribution in [2.75, 3.05) is 54.6 Å². The van der Waals surface area contributed by atoms with Crippen LogP contribution in [0.15, 0.2) is 53.3 Å². The van der Waals surface area contributed by atoms with E-state index < -0.39 is 46.8 Å². The van der Waals surface area contributed by atoms with Crippen LogP contribution in [0.25, 0.3) is 0 Å². The zero-order chi connectivity index (χ0) is 33.9. The van der Waals surface area contributed by atoms with Crippen molar-refractivity contribution in [2.45, 2.75) is 57.7 Å². The highest BCUT2D eigenvalue weighted by molar-refractivity contribution is 7.98. The minimum atomic E-state index is -5.11. The molecule has 0 aliphatic carbocycles. The van der Waals surface area contributed by atoms with E-state index in [-0.39, 0.29) is 30.8 Å². The lowest BCUT2D eigenvalue weighted by Gasteiger charge is -2.42. The summed E-state index contributed by atoms with van der Waals surface area (Å²) in [7, 11) is 0. The number of benzene rings is 2. The first-order valence-corrected chi connectivity index (χ1v) is 16.1. The molecule has 254 valence electrons. The third-order valence-corrected chi connectivity index (χ3v) is 8.44. The van der Waals surface area contributed by atoms with Crippen molar-refractivity contribution < 1.29 is 44.3 Å². The fourth-order valence-electron chi connectivity index (χ4n) is 5.47. The molecule has 0 N–H and O–H groups in total. The summed E-state index contributed by atoms with van der Waals surface area (Å²) < 4.78 is 132. The first kappa shape index (κ1) is 35.6. The molecule has 46 heavy (non-hydrogen) atoms. The number of hydrogen-bond acceptors (Lipinski definition) is 6. The van der Waals surface area contributed by atoms with E-state index in [0.29, 0.717) is 49.0 Å². The van der Waals surface area contributed by atoms with Gasteiger partial charge in [-0.1, -0.05) is 0 Å². The number of piperidine rings is 1. The number of alkyl halides is 9. The van der Waals surface area contributed by atoms with E-state index in [0.717, 1.165) is 31.4 Å². The molecule has 2 aliphatic heterocycles. The fraction of sp³-hybridized carbons (Fsp3) is 0.516. The zero-order valence-corrected chi connectivity index (χ0v) is 26.3. The van der Waals surface area contributed by atoms with Gasteiger partial charge in [0.15, 0.2) is 0 Å². The number of thioether (sulfide) groups is 1. The number of aliphatic imine (C=N–C) groups is 1. The number of ether oxygens (including phenoxy) is 1. The molecule has 0 spiro atoms. The SMILES string of the molecule is CCN1CC(OCCSC)=CN=C1N(c1cc(C(F)(F)F)ccc1N1CCCCC1)C(C)c1cc(C(F)(F)F)cc(C(F)(F)F)c1. The molecule has 1 unspecified atom stereocenters. The fourth-order valence-corrected chi connectivity index (χ4v) is 5.72. The van der Waals surface area contributed by atoms with Crippen LogP contribution in [-0.4, -0.2) is 55.7 Å².